The first-order valence-electron chi connectivity index (χ1n) is 7.84. The number of nitrogens with two attached hydrogens (primary N) is 1. The van der Waals surface area contributed by atoms with Gasteiger partial charge in [-0.3, -0.25) is 14.7 Å². The van der Waals surface area contributed by atoms with Gasteiger partial charge in [-0.15, -0.1) is 0 Å². The van der Waals surface area contributed by atoms with E-state index in [1.165, 1.54) is 0 Å². The van der Waals surface area contributed by atoms with E-state index in [0.717, 1.165) is 51.3 Å². The Morgan fingerprint density at radius 3 is 2.71 bits per heavy atom. The van der Waals surface area contributed by atoms with Gasteiger partial charge in [-0.05, 0) is 18.6 Å². The number of pyridine rings is 1. The molecule has 0 bridgehead atoms. The van der Waals surface area contributed by atoms with Gasteiger partial charge in [-0.25, -0.2) is 0 Å². The second-order valence-corrected chi connectivity index (χ2v) is 5.73. The van der Waals surface area contributed by atoms with Crippen LogP contribution >= 0.6 is 0 Å². The van der Waals surface area contributed by atoms with Crippen molar-refractivity contribution < 1.29 is 4.79 Å². The van der Waals surface area contributed by atoms with Gasteiger partial charge in [0.05, 0.1) is 5.69 Å². The van der Waals surface area contributed by atoms with Crippen LogP contribution in [0.3, 0.4) is 0 Å². The Balaban J connectivity index is 1.74. The number of hydrogen-bond acceptors (Lipinski definition) is 4. The molecule has 0 spiro atoms. The minimum atomic E-state index is 0.00838. The molecule has 21 heavy (non-hydrogen) atoms. The highest BCUT2D eigenvalue weighted by molar-refractivity contribution is 5.76. The maximum atomic E-state index is 12.2. The third-order valence-corrected chi connectivity index (χ3v) is 3.93. The Morgan fingerprint density at radius 2 is 2.10 bits per heavy atom. The van der Waals surface area contributed by atoms with Crippen LogP contribution < -0.4 is 5.73 Å². The quantitative estimate of drug-likeness (QED) is 0.856. The van der Waals surface area contributed by atoms with Crippen molar-refractivity contribution in [2.45, 2.75) is 38.8 Å². The number of amides is 1. The van der Waals surface area contributed by atoms with E-state index in [0.29, 0.717) is 6.42 Å². The zero-order valence-electron chi connectivity index (χ0n) is 12.9. The van der Waals surface area contributed by atoms with E-state index < -0.39 is 0 Å². The van der Waals surface area contributed by atoms with E-state index >= 15 is 0 Å². The van der Waals surface area contributed by atoms with E-state index in [1.54, 1.807) is 0 Å². The summed E-state index contributed by atoms with van der Waals surface area (Å²) in [4.78, 5) is 20.8. The molecule has 1 amide bonds. The van der Waals surface area contributed by atoms with Crippen LogP contribution in [0.4, 0.5) is 0 Å². The molecule has 1 fully saturated rings. The van der Waals surface area contributed by atoms with Gasteiger partial charge in [0, 0.05) is 51.4 Å². The summed E-state index contributed by atoms with van der Waals surface area (Å²) in [5.74, 6) is 0.202. The predicted molar refractivity (Wildman–Crippen MR) is 83.6 cm³/mol. The highest BCUT2D eigenvalue weighted by Crippen LogP contribution is 2.09. The van der Waals surface area contributed by atoms with Crippen LogP contribution in [-0.4, -0.2) is 52.9 Å². The summed E-state index contributed by atoms with van der Waals surface area (Å²) in [6, 6.07) is 5.99. The Hall–Kier alpha value is -1.46. The topological polar surface area (TPSA) is 62.5 Å². The molecular weight excluding hydrogens is 264 g/mol. The molecule has 1 aromatic heterocycles. The fourth-order valence-electron chi connectivity index (χ4n) is 2.70. The van der Waals surface area contributed by atoms with Gasteiger partial charge >= 0.3 is 0 Å². The molecular formula is C16H26N4O. The standard InChI is InChI=1S/C16H26N4O/c1-2-5-14(17)12-16(21)20-10-8-19(9-11-20)13-15-6-3-4-7-18-15/h3-4,6-7,14H,2,5,8-13,17H2,1H3. The van der Waals surface area contributed by atoms with Gasteiger partial charge in [0.25, 0.3) is 0 Å². The average Bonchev–Trinajstić information content (AvgIpc) is 2.49. The molecule has 2 N–H and O–H groups in total. The van der Waals surface area contributed by atoms with Gasteiger partial charge in [0.1, 0.15) is 0 Å². The maximum Gasteiger partial charge on any atom is 0.224 e. The third kappa shape index (κ3) is 5.10. The molecule has 0 radical (unpaired) electrons. The smallest absolute Gasteiger partial charge is 0.224 e. The molecule has 5 nitrogen and oxygen atoms in total. The molecule has 1 aliphatic rings. The minimum Gasteiger partial charge on any atom is -0.340 e. The van der Waals surface area contributed by atoms with Crippen molar-refractivity contribution in [3.63, 3.8) is 0 Å². The fourth-order valence-corrected chi connectivity index (χ4v) is 2.70. The normalized spacial score (nSPS) is 17.7. The monoisotopic (exact) mass is 290 g/mol. The van der Waals surface area contributed by atoms with Crippen molar-refractivity contribution in [3.8, 4) is 0 Å². The van der Waals surface area contributed by atoms with Gasteiger partial charge in [0.2, 0.25) is 5.91 Å². The lowest BCUT2D eigenvalue weighted by Gasteiger charge is -2.35. The fraction of sp³-hybridized carbons (Fsp3) is 0.625. The average molecular weight is 290 g/mol. The van der Waals surface area contributed by atoms with Gasteiger partial charge in [-0.1, -0.05) is 19.4 Å². The third-order valence-electron chi connectivity index (χ3n) is 3.93. The molecule has 1 atom stereocenters. The first-order valence-corrected chi connectivity index (χ1v) is 7.84. The van der Waals surface area contributed by atoms with Crippen molar-refractivity contribution in [1.29, 1.82) is 0 Å². The van der Waals surface area contributed by atoms with E-state index in [9.17, 15) is 4.79 Å². The number of nitrogens with zero attached hydrogens (tertiary/aromatic N) is 3. The van der Waals surface area contributed by atoms with Crippen LogP contribution in [-0.2, 0) is 11.3 Å². The van der Waals surface area contributed by atoms with E-state index in [4.69, 9.17) is 5.73 Å². The van der Waals surface area contributed by atoms with Crippen LogP contribution in [0.2, 0.25) is 0 Å². The van der Waals surface area contributed by atoms with E-state index in [-0.39, 0.29) is 11.9 Å². The summed E-state index contributed by atoms with van der Waals surface area (Å²) in [6.45, 7) is 6.37. The Morgan fingerprint density at radius 1 is 1.33 bits per heavy atom. The van der Waals surface area contributed by atoms with Crippen molar-refractivity contribution in [2.75, 3.05) is 26.2 Å². The SMILES string of the molecule is CCCC(N)CC(=O)N1CCN(Cc2ccccn2)CC1. The number of aromatic nitrogens is 1. The lowest BCUT2D eigenvalue weighted by Crippen LogP contribution is -2.49. The first kappa shape index (κ1) is 15.9. The lowest BCUT2D eigenvalue weighted by atomic mass is 10.1. The van der Waals surface area contributed by atoms with Gasteiger partial charge in [-0.2, -0.15) is 0 Å². The van der Waals surface area contributed by atoms with Crippen LogP contribution in [0.5, 0.6) is 0 Å². The van der Waals surface area contributed by atoms with Crippen LogP contribution in [0.1, 0.15) is 31.9 Å². The molecule has 116 valence electrons. The number of carbonyl (C=O) groups excluding carboxylic acids is 1. The van der Waals surface area contributed by atoms with E-state index in [1.807, 2.05) is 29.3 Å². The second kappa shape index (κ2) is 8.10. The Bertz CT molecular complexity index is 429. The molecule has 2 heterocycles. The van der Waals surface area contributed by atoms with Crippen molar-refractivity contribution in [3.05, 3.63) is 30.1 Å². The highest BCUT2D eigenvalue weighted by atomic mass is 16.2. The van der Waals surface area contributed by atoms with E-state index in [2.05, 4.69) is 16.8 Å². The number of rotatable bonds is 6. The zero-order chi connectivity index (χ0) is 15.1. The Kier molecular flexibility index (Phi) is 6.14. The molecule has 1 aliphatic heterocycles. The van der Waals surface area contributed by atoms with Crippen molar-refractivity contribution >= 4 is 5.91 Å². The van der Waals surface area contributed by atoms with Gasteiger partial charge in [0.15, 0.2) is 0 Å². The lowest BCUT2D eigenvalue weighted by molar-refractivity contribution is -0.133. The molecule has 0 saturated carbocycles. The minimum absolute atomic E-state index is 0.00838. The second-order valence-electron chi connectivity index (χ2n) is 5.73. The number of hydrogen-bond donors (Lipinski definition) is 1. The summed E-state index contributed by atoms with van der Waals surface area (Å²) >= 11 is 0. The zero-order valence-corrected chi connectivity index (χ0v) is 12.9. The van der Waals surface area contributed by atoms with Crippen LogP contribution in [0, 0.1) is 0 Å². The van der Waals surface area contributed by atoms with Crippen LogP contribution in [0.25, 0.3) is 0 Å². The van der Waals surface area contributed by atoms with Crippen molar-refractivity contribution in [1.82, 2.24) is 14.8 Å². The highest BCUT2D eigenvalue weighted by Gasteiger charge is 2.22. The van der Waals surface area contributed by atoms with Crippen molar-refractivity contribution in [2.24, 2.45) is 5.73 Å². The molecule has 0 aliphatic carbocycles. The summed E-state index contributed by atoms with van der Waals surface area (Å²) in [5, 5.41) is 0. The molecule has 5 heteroatoms. The summed E-state index contributed by atoms with van der Waals surface area (Å²) in [7, 11) is 0. The van der Waals surface area contributed by atoms with Crippen LogP contribution in [0.15, 0.2) is 24.4 Å². The number of piperazine rings is 1. The summed E-state index contributed by atoms with van der Waals surface area (Å²) in [6.07, 6.45) is 4.26. The number of carbonyl (C=O) groups is 1. The molecule has 2 rings (SSSR count). The predicted octanol–water partition coefficient (Wildman–Crippen LogP) is 1.24. The first-order chi connectivity index (χ1) is 10.2. The molecule has 0 aromatic carbocycles. The molecule has 1 unspecified atom stereocenters. The molecule has 1 aromatic rings. The Labute approximate surface area is 127 Å². The molecule has 1 saturated heterocycles. The largest absolute Gasteiger partial charge is 0.340 e. The maximum absolute atomic E-state index is 12.2. The summed E-state index contributed by atoms with van der Waals surface area (Å²) in [5.41, 5.74) is 7.04. The van der Waals surface area contributed by atoms with Gasteiger partial charge < -0.3 is 10.6 Å². The summed E-state index contributed by atoms with van der Waals surface area (Å²) < 4.78 is 0.